The molecule has 0 atom stereocenters. The highest BCUT2D eigenvalue weighted by Crippen LogP contribution is 2.36. The number of carbonyl (C=O) groups excluding carboxylic acids is 2. The largest absolute Gasteiger partial charge is 0.490 e. The highest BCUT2D eigenvalue weighted by Gasteiger charge is 2.16. The van der Waals surface area contributed by atoms with Crippen LogP contribution in [0.2, 0.25) is 0 Å². The number of halogens is 1. The van der Waals surface area contributed by atoms with Crippen LogP contribution in [-0.4, -0.2) is 65.2 Å². The lowest BCUT2D eigenvalue weighted by molar-refractivity contribution is -0.133. The van der Waals surface area contributed by atoms with Crippen LogP contribution in [0.25, 0.3) is 0 Å². The minimum Gasteiger partial charge on any atom is -0.490 e. The number of carbonyl (C=O) groups is 2. The average Bonchev–Trinajstić information content (AvgIpc) is 3.18. The van der Waals surface area contributed by atoms with Gasteiger partial charge in [-0.2, -0.15) is 5.10 Å². The third kappa shape index (κ3) is 7.95. The molecule has 0 saturated heterocycles. The molecule has 3 N–H and O–H groups in total. The van der Waals surface area contributed by atoms with Crippen molar-refractivity contribution >= 4 is 62.2 Å². The average molecular weight is 545 g/mol. The fraction of sp³-hybridized carbons (Fsp3) is 0.421. The molecule has 13 heteroatoms. The van der Waals surface area contributed by atoms with Crippen LogP contribution in [0, 0.1) is 0 Å². The Morgan fingerprint density at radius 1 is 1.28 bits per heavy atom. The van der Waals surface area contributed by atoms with E-state index in [2.05, 4.69) is 36.7 Å². The van der Waals surface area contributed by atoms with Crippen molar-refractivity contribution in [3.63, 3.8) is 0 Å². The summed E-state index contributed by atoms with van der Waals surface area (Å²) in [5.41, 5.74) is 8.64. The molecule has 0 radical (unpaired) electrons. The molecule has 1 aromatic carbocycles. The summed E-state index contributed by atoms with van der Waals surface area (Å²) < 4.78 is 12.6. The topological polar surface area (TPSA) is 132 Å². The molecule has 32 heavy (non-hydrogen) atoms. The molecule has 10 nitrogen and oxygen atoms in total. The fourth-order valence-corrected chi connectivity index (χ4v) is 4.49. The molecule has 0 spiro atoms. The summed E-state index contributed by atoms with van der Waals surface area (Å²) >= 11 is 5.90. The van der Waals surface area contributed by atoms with Crippen molar-refractivity contribution in [2.24, 2.45) is 5.10 Å². The zero-order valence-corrected chi connectivity index (χ0v) is 21.2. The predicted octanol–water partition coefficient (Wildman–Crippen LogP) is 2.77. The van der Waals surface area contributed by atoms with Gasteiger partial charge in [-0.25, -0.2) is 5.43 Å². The summed E-state index contributed by atoms with van der Waals surface area (Å²) in [5, 5.41) is 11.9. The monoisotopic (exact) mass is 544 g/mol. The molecular weight excluding hydrogens is 520 g/mol. The number of thioether (sulfide) groups is 1. The number of nitrogen functional groups attached to an aromatic ring is 1. The second kappa shape index (κ2) is 13.2. The third-order valence-electron chi connectivity index (χ3n) is 3.94. The Morgan fingerprint density at radius 2 is 2.03 bits per heavy atom. The zero-order chi connectivity index (χ0) is 23.5. The predicted molar refractivity (Wildman–Crippen MR) is 130 cm³/mol. The lowest BCUT2D eigenvalue weighted by atomic mass is 10.2. The maximum atomic E-state index is 12.2. The van der Waals surface area contributed by atoms with Gasteiger partial charge < -0.3 is 20.1 Å². The van der Waals surface area contributed by atoms with Gasteiger partial charge in [-0.1, -0.05) is 23.1 Å². The van der Waals surface area contributed by atoms with Crippen molar-refractivity contribution in [3.8, 4) is 11.5 Å². The van der Waals surface area contributed by atoms with Crippen LogP contribution in [0.3, 0.4) is 0 Å². The summed E-state index contributed by atoms with van der Waals surface area (Å²) in [6, 6.07) is 3.48. The van der Waals surface area contributed by atoms with E-state index in [0.717, 1.165) is 0 Å². The molecule has 174 valence electrons. The Hall–Kier alpha value is -2.38. The number of nitrogens with two attached hydrogens (primary N) is 1. The van der Waals surface area contributed by atoms with Crippen molar-refractivity contribution in [1.82, 2.24) is 20.5 Å². The highest BCUT2D eigenvalue weighted by molar-refractivity contribution is 9.10. The first-order valence-electron chi connectivity index (χ1n) is 9.78. The van der Waals surface area contributed by atoms with E-state index in [-0.39, 0.29) is 24.2 Å². The number of nitrogens with one attached hydrogen (secondary N) is 1. The molecule has 1 aromatic heterocycles. The minimum atomic E-state index is -0.293. The number of rotatable bonds is 12. The Bertz CT molecular complexity index is 952. The number of amides is 2. The standard InChI is InChI=1S/C19H25BrN6O4S2/c1-4-26(5-2)16(28)10-30-17-13(20)7-12(8-14(17)29-6-3)9-22-23-15(27)11-31-19-25-24-18(21)32-19/h7-9H,4-6,10-11H2,1-3H3,(H2,21,24)(H,23,27). The normalized spacial score (nSPS) is 10.9. The van der Waals surface area contributed by atoms with Crippen LogP contribution in [0.1, 0.15) is 26.3 Å². The number of likely N-dealkylation sites (N-methyl/N-ethyl adjacent to an activating group) is 1. The van der Waals surface area contributed by atoms with Gasteiger partial charge in [0, 0.05) is 13.1 Å². The van der Waals surface area contributed by atoms with E-state index < -0.39 is 0 Å². The van der Waals surface area contributed by atoms with Gasteiger partial charge in [0.15, 0.2) is 22.4 Å². The summed E-state index contributed by atoms with van der Waals surface area (Å²) in [6.07, 6.45) is 1.49. The third-order valence-corrected chi connectivity index (χ3v) is 6.41. The maximum Gasteiger partial charge on any atom is 0.260 e. The number of aromatic nitrogens is 2. The Labute approximate surface area is 203 Å². The molecule has 0 bridgehead atoms. The van der Waals surface area contributed by atoms with Gasteiger partial charge in [-0.05, 0) is 54.4 Å². The number of ether oxygens (including phenoxy) is 2. The van der Waals surface area contributed by atoms with Crippen molar-refractivity contribution < 1.29 is 19.1 Å². The number of benzene rings is 1. The van der Waals surface area contributed by atoms with Gasteiger partial charge in [0.2, 0.25) is 5.13 Å². The zero-order valence-electron chi connectivity index (χ0n) is 18.0. The molecule has 0 unspecified atom stereocenters. The molecule has 1 heterocycles. The van der Waals surface area contributed by atoms with E-state index in [1.165, 1.54) is 29.3 Å². The van der Waals surface area contributed by atoms with E-state index in [0.29, 0.717) is 50.7 Å². The van der Waals surface area contributed by atoms with E-state index in [4.69, 9.17) is 15.2 Å². The summed E-state index contributed by atoms with van der Waals surface area (Å²) in [7, 11) is 0. The smallest absolute Gasteiger partial charge is 0.260 e. The van der Waals surface area contributed by atoms with E-state index in [1.54, 1.807) is 17.0 Å². The fourth-order valence-electron chi connectivity index (χ4n) is 2.48. The number of anilines is 1. The highest BCUT2D eigenvalue weighted by atomic mass is 79.9. The number of hydrazone groups is 1. The summed E-state index contributed by atoms with van der Waals surface area (Å²) in [5.74, 6) is 0.631. The summed E-state index contributed by atoms with van der Waals surface area (Å²) in [6.45, 7) is 7.24. The Balaban J connectivity index is 1.99. The molecule has 0 aliphatic carbocycles. The molecule has 0 aliphatic heterocycles. The van der Waals surface area contributed by atoms with Crippen molar-refractivity contribution in [3.05, 3.63) is 22.2 Å². The van der Waals surface area contributed by atoms with Crippen molar-refractivity contribution in [2.45, 2.75) is 25.1 Å². The number of hydrogen-bond acceptors (Lipinski definition) is 10. The lowest BCUT2D eigenvalue weighted by Gasteiger charge is -2.20. The van der Waals surface area contributed by atoms with Crippen molar-refractivity contribution in [2.75, 3.05) is 37.8 Å². The van der Waals surface area contributed by atoms with Gasteiger partial charge in [-0.15, -0.1) is 10.2 Å². The Morgan fingerprint density at radius 3 is 2.66 bits per heavy atom. The first kappa shape index (κ1) is 25.9. The number of nitrogens with zero attached hydrogens (tertiary/aromatic N) is 4. The van der Waals surface area contributed by atoms with E-state index >= 15 is 0 Å². The lowest BCUT2D eigenvalue weighted by Crippen LogP contribution is -2.34. The SMILES string of the molecule is CCOc1cc(C=NNC(=O)CSc2nnc(N)s2)cc(Br)c1OCC(=O)N(CC)CC. The van der Waals surface area contributed by atoms with Crippen LogP contribution in [0.5, 0.6) is 11.5 Å². The second-order valence-electron chi connectivity index (χ2n) is 6.11. The molecule has 2 amide bonds. The minimum absolute atomic E-state index is 0.0955. The van der Waals surface area contributed by atoms with Gasteiger partial charge in [0.05, 0.1) is 23.0 Å². The molecule has 0 aliphatic rings. The quantitative estimate of drug-likeness (QED) is 0.237. The van der Waals surface area contributed by atoms with Crippen LogP contribution in [0.4, 0.5) is 5.13 Å². The molecule has 2 aromatic rings. The van der Waals surface area contributed by atoms with Gasteiger partial charge >= 0.3 is 0 Å². The van der Waals surface area contributed by atoms with E-state index in [9.17, 15) is 9.59 Å². The summed E-state index contributed by atoms with van der Waals surface area (Å²) in [4.78, 5) is 25.9. The van der Waals surface area contributed by atoms with Crippen LogP contribution in [-0.2, 0) is 9.59 Å². The Kier molecular flexibility index (Phi) is 10.7. The molecule has 2 rings (SSSR count). The van der Waals surface area contributed by atoms with Crippen LogP contribution < -0.4 is 20.6 Å². The number of hydrogen-bond donors (Lipinski definition) is 2. The molecule has 0 fully saturated rings. The first-order chi connectivity index (χ1) is 15.4. The van der Waals surface area contributed by atoms with Crippen LogP contribution >= 0.6 is 39.0 Å². The van der Waals surface area contributed by atoms with Crippen LogP contribution in [0.15, 0.2) is 26.0 Å². The van der Waals surface area contributed by atoms with Crippen molar-refractivity contribution in [1.29, 1.82) is 0 Å². The molecular formula is C19H25BrN6O4S2. The van der Waals surface area contributed by atoms with Gasteiger partial charge in [0.25, 0.3) is 11.8 Å². The van der Waals surface area contributed by atoms with Gasteiger partial charge in [0.1, 0.15) is 0 Å². The second-order valence-corrected chi connectivity index (χ2v) is 9.19. The maximum absolute atomic E-state index is 12.2. The van der Waals surface area contributed by atoms with Gasteiger partial charge in [-0.3, -0.25) is 9.59 Å². The molecule has 0 saturated carbocycles. The first-order valence-corrected chi connectivity index (χ1v) is 12.4. The van der Waals surface area contributed by atoms with E-state index in [1.807, 2.05) is 20.8 Å².